The monoisotopic (exact) mass is 252 g/mol. The molecule has 6 nitrogen and oxygen atoms in total. The molecule has 6 heteroatoms. The Morgan fingerprint density at radius 2 is 2.33 bits per heavy atom. The minimum absolute atomic E-state index is 0.260. The Bertz CT molecular complexity index is 430. The minimum atomic E-state index is -0.593. The van der Waals surface area contributed by atoms with Gasteiger partial charge in [-0.25, -0.2) is 0 Å². The van der Waals surface area contributed by atoms with Crippen molar-refractivity contribution in [3.8, 4) is 5.75 Å². The van der Waals surface area contributed by atoms with Gasteiger partial charge in [0.15, 0.2) is 6.10 Å². The number of nitrogen functional groups attached to an aromatic ring is 1. The highest BCUT2D eigenvalue weighted by molar-refractivity contribution is 5.97. The predicted molar refractivity (Wildman–Crippen MR) is 66.6 cm³/mol. The first-order valence-corrected chi connectivity index (χ1v) is 5.64. The smallest absolute Gasteiger partial charge is 0.255 e. The van der Waals surface area contributed by atoms with Crippen LogP contribution in [0.2, 0.25) is 0 Å². The number of rotatable bonds is 3. The standard InChI is InChI=1S/C12H16N2O4/c1-16-8-2-3-9(13)10(6-8)14-12(15)11-7-17-4-5-18-11/h2-3,6,11H,4-5,7,13H2,1H3,(H,14,15). The average Bonchev–Trinajstić information content (AvgIpc) is 2.42. The highest BCUT2D eigenvalue weighted by Crippen LogP contribution is 2.24. The lowest BCUT2D eigenvalue weighted by Crippen LogP contribution is -2.39. The molecule has 1 aliphatic rings. The maximum Gasteiger partial charge on any atom is 0.255 e. The van der Waals surface area contributed by atoms with Crippen LogP contribution in [0.5, 0.6) is 5.75 Å². The molecule has 0 saturated carbocycles. The molecular formula is C12H16N2O4. The van der Waals surface area contributed by atoms with Crippen LogP contribution in [-0.2, 0) is 14.3 Å². The highest BCUT2D eigenvalue weighted by atomic mass is 16.6. The fraction of sp³-hybridized carbons (Fsp3) is 0.417. The first-order valence-electron chi connectivity index (χ1n) is 5.64. The Balaban J connectivity index is 2.05. The summed E-state index contributed by atoms with van der Waals surface area (Å²) < 4.78 is 15.5. The number of hydrogen-bond acceptors (Lipinski definition) is 5. The van der Waals surface area contributed by atoms with Gasteiger partial charge in [-0.15, -0.1) is 0 Å². The normalized spacial score (nSPS) is 19.3. The Kier molecular flexibility index (Phi) is 4.01. The van der Waals surface area contributed by atoms with Gasteiger partial charge in [0.25, 0.3) is 5.91 Å². The third-order valence-electron chi connectivity index (χ3n) is 2.63. The maximum absolute atomic E-state index is 11.9. The van der Waals surface area contributed by atoms with Crippen LogP contribution in [0.15, 0.2) is 18.2 Å². The molecule has 0 aromatic heterocycles. The van der Waals surface area contributed by atoms with E-state index in [4.69, 9.17) is 19.9 Å². The molecule has 0 radical (unpaired) electrons. The fourth-order valence-corrected chi connectivity index (χ4v) is 1.62. The predicted octanol–water partition coefficient (Wildman–Crippen LogP) is 0.631. The van der Waals surface area contributed by atoms with Crippen LogP contribution in [0.25, 0.3) is 0 Å². The van der Waals surface area contributed by atoms with Crippen LogP contribution < -0.4 is 15.8 Å². The van der Waals surface area contributed by atoms with E-state index in [1.807, 2.05) is 0 Å². The largest absolute Gasteiger partial charge is 0.497 e. The summed E-state index contributed by atoms with van der Waals surface area (Å²) in [7, 11) is 1.55. The summed E-state index contributed by atoms with van der Waals surface area (Å²) in [4.78, 5) is 11.9. The van der Waals surface area contributed by atoms with Gasteiger partial charge in [-0.05, 0) is 12.1 Å². The van der Waals surface area contributed by atoms with Crippen molar-refractivity contribution in [3.63, 3.8) is 0 Å². The number of carbonyl (C=O) groups is 1. The zero-order valence-electron chi connectivity index (χ0n) is 10.1. The van der Waals surface area contributed by atoms with Crippen LogP contribution in [0, 0.1) is 0 Å². The molecule has 1 amide bonds. The molecule has 1 aliphatic heterocycles. The molecule has 1 atom stereocenters. The second-order valence-corrected chi connectivity index (χ2v) is 3.88. The van der Waals surface area contributed by atoms with E-state index < -0.39 is 6.10 Å². The molecule has 3 N–H and O–H groups in total. The van der Waals surface area contributed by atoms with Gasteiger partial charge in [0.1, 0.15) is 5.75 Å². The van der Waals surface area contributed by atoms with Crippen LogP contribution >= 0.6 is 0 Å². The zero-order valence-corrected chi connectivity index (χ0v) is 10.1. The molecule has 1 saturated heterocycles. The van der Waals surface area contributed by atoms with Crippen LogP contribution in [0.1, 0.15) is 0 Å². The summed E-state index contributed by atoms with van der Waals surface area (Å²) in [5.41, 5.74) is 6.76. The van der Waals surface area contributed by atoms with E-state index in [0.717, 1.165) is 0 Å². The first-order chi connectivity index (χ1) is 8.70. The van der Waals surface area contributed by atoms with E-state index in [1.165, 1.54) is 0 Å². The summed E-state index contributed by atoms with van der Waals surface area (Å²) in [6.07, 6.45) is -0.593. The molecule has 0 spiro atoms. The fourth-order valence-electron chi connectivity index (χ4n) is 1.62. The van der Waals surface area contributed by atoms with E-state index in [0.29, 0.717) is 30.3 Å². The SMILES string of the molecule is COc1ccc(N)c(NC(=O)C2COCCO2)c1. The van der Waals surface area contributed by atoms with E-state index in [2.05, 4.69) is 5.32 Å². The van der Waals surface area contributed by atoms with Crippen molar-refractivity contribution in [1.29, 1.82) is 0 Å². The second kappa shape index (κ2) is 5.70. The molecule has 1 fully saturated rings. The van der Waals surface area contributed by atoms with Gasteiger partial charge in [0.2, 0.25) is 0 Å². The van der Waals surface area contributed by atoms with Crippen LogP contribution in [0.3, 0.4) is 0 Å². The van der Waals surface area contributed by atoms with Gasteiger partial charge in [0.05, 0.1) is 38.3 Å². The zero-order chi connectivity index (χ0) is 13.0. The summed E-state index contributed by atoms with van der Waals surface area (Å²) in [6, 6.07) is 5.06. The van der Waals surface area contributed by atoms with Gasteiger partial charge in [-0.3, -0.25) is 4.79 Å². The Morgan fingerprint density at radius 1 is 1.50 bits per heavy atom. The van der Waals surface area contributed by atoms with Crippen molar-refractivity contribution < 1.29 is 19.0 Å². The minimum Gasteiger partial charge on any atom is -0.497 e. The number of ether oxygens (including phenoxy) is 3. The molecule has 1 aromatic rings. The number of carbonyl (C=O) groups excluding carboxylic acids is 1. The number of nitrogens with one attached hydrogen (secondary N) is 1. The van der Waals surface area contributed by atoms with Gasteiger partial charge in [-0.1, -0.05) is 0 Å². The molecule has 98 valence electrons. The van der Waals surface area contributed by atoms with Crippen molar-refractivity contribution >= 4 is 17.3 Å². The molecular weight excluding hydrogens is 236 g/mol. The van der Waals surface area contributed by atoms with Gasteiger partial charge >= 0.3 is 0 Å². The third kappa shape index (κ3) is 2.91. The van der Waals surface area contributed by atoms with Crippen LogP contribution in [0.4, 0.5) is 11.4 Å². The number of hydrogen-bond donors (Lipinski definition) is 2. The van der Waals surface area contributed by atoms with Gasteiger partial charge in [-0.2, -0.15) is 0 Å². The van der Waals surface area contributed by atoms with E-state index in [-0.39, 0.29) is 12.5 Å². The molecule has 0 bridgehead atoms. The Hall–Kier alpha value is -1.79. The number of benzene rings is 1. The summed E-state index contributed by atoms with van der Waals surface area (Å²) in [5, 5.41) is 2.71. The Labute approximate surface area is 105 Å². The molecule has 0 aliphatic carbocycles. The highest BCUT2D eigenvalue weighted by Gasteiger charge is 2.23. The molecule has 2 rings (SSSR count). The van der Waals surface area contributed by atoms with Crippen molar-refractivity contribution in [2.24, 2.45) is 0 Å². The number of nitrogens with two attached hydrogens (primary N) is 1. The van der Waals surface area contributed by atoms with Crippen molar-refractivity contribution in [2.45, 2.75) is 6.10 Å². The number of anilines is 2. The van der Waals surface area contributed by atoms with Gasteiger partial charge < -0.3 is 25.3 Å². The van der Waals surface area contributed by atoms with Gasteiger partial charge in [0, 0.05) is 6.07 Å². The molecule has 1 aromatic carbocycles. The van der Waals surface area contributed by atoms with E-state index in [1.54, 1.807) is 25.3 Å². The summed E-state index contributed by atoms with van der Waals surface area (Å²) in [5.74, 6) is 0.356. The summed E-state index contributed by atoms with van der Waals surface area (Å²) >= 11 is 0. The lowest BCUT2D eigenvalue weighted by molar-refractivity contribution is -0.142. The lowest BCUT2D eigenvalue weighted by Gasteiger charge is -2.22. The van der Waals surface area contributed by atoms with Crippen molar-refractivity contribution in [2.75, 3.05) is 38.0 Å². The third-order valence-corrected chi connectivity index (χ3v) is 2.63. The molecule has 1 heterocycles. The second-order valence-electron chi connectivity index (χ2n) is 3.88. The number of amides is 1. The first kappa shape index (κ1) is 12.7. The van der Waals surface area contributed by atoms with E-state index >= 15 is 0 Å². The molecule has 18 heavy (non-hydrogen) atoms. The van der Waals surface area contributed by atoms with Crippen molar-refractivity contribution in [1.82, 2.24) is 0 Å². The number of methoxy groups -OCH3 is 1. The molecule has 1 unspecified atom stereocenters. The van der Waals surface area contributed by atoms with Crippen molar-refractivity contribution in [3.05, 3.63) is 18.2 Å². The summed E-state index contributed by atoms with van der Waals surface area (Å²) in [6.45, 7) is 1.20. The lowest BCUT2D eigenvalue weighted by atomic mass is 10.2. The van der Waals surface area contributed by atoms with Crippen LogP contribution in [-0.4, -0.2) is 38.9 Å². The Morgan fingerprint density at radius 3 is 3.00 bits per heavy atom. The average molecular weight is 252 g/mol. The quantitative estimate of drug-likeness (QED) is 0.771. The topological polar surface area (TPSA) is 82.8 Å². The van der Waals surface area contributed by atoms with E-state index in [9.17, 15) is 4.79 Å². The maximum atomic E-state index is 11.9.